The molecule has 2 amide bonds. The SMILES string of the molecule is CCc1[nH]c2ccc(C(=O)Nc3cccc(C(=O)N4CCOCC4)c3)cc2c1C. The third kappa shape index (κ3) is 3.89. The van der Waals surface area contributed by atoms with E-state index in [0.29, 0.717) is 43.1 Å². The lowest BCUT2D eigenvalue weighted by Crippen LogP contribution is -2.40. The number of carbonyl (C=O) groups excluding carboxylic acids is 2. The van der Waals surface area contributed by atoms with Crippen LogP contribution in [0.3, 0.4) is 0 Å². The summed E-state index contributed by atoms with van der Waals surface area (Å²) < 4.78 is 5.31. The van der Waals surface area contributed by atoms with E-state index in [1.807, 2.05) is 18.2 Å². The molecule has 0 unspecified atom stereocenters. The number of carbonyl (C=O) groups is 2. The molecule has 1 fully saturated rings. The molecule has 1 aliphatic heterocycles. The molecule has 0 atom stereocenters. The van der Waals surface area contributed by atoms with Crippen LogP contribution in [0.25, 0.3) is 10.9 Å². The number of benzene rings is 2. The quantitative estimate of drug-likeness (QED) is 0.711. The molecule has 0 aliphatic carbocycles. The number of hydrogen-bond donors (Lipinski definition) is 2. The van der Waals surface area contributed by atoms with Crippen molar-refractivity contribution < 1.29 is 14.3 Å². The van der Waals surface area contributed by atoms with Gasteiger partial charge in [-0.15, -0.1) is 0 Å². The molecular weight excluding hydrogens is 366 g/mol. The number of amides is 2. The summed E-state index contributed by atoms with van der Waals surface area (Å²) in [5.41, 5.74) is 5.16. The first-order valence-corrected chi connectivity index (χ1v) is 9.96. The number of nitrogens with zero attached hydrogens (tertiary/aromatic N) is 1. The van der Waals surface area contributed by atoms with Crippen molar-refractivity contribution in [2.75, 3.05) is 31.6 Å². The van der Waals surface area contributed by atoms with Gasteiger partial charge in [-0.05, 0) is 55.3 Å². The smallest absolute Gasteiger partial charge is 0.255 e. The molecule has 6 heteroatoms. The van der Waals surface area contributed by atoms with Crippen molar-refractivity contribution in [2.45, 2.75) is 20.3 Å². The van der Waals surface area contributed by atoms with E-state index in [1.54, 1.807) is 29.2 Å². The number of aromatic amines is 1. The summed E-state index contributed by atoms with van der Waals surface area (Å²) in [6, 6.07) is 12.8. The van der Waals surface area contributed by atoms with E-state index in [0.717, 1.165) is 17.3 Å². The van der Waals surface area contributed by atoms with Crippen LogP contribution in [0.1, 0.15) is 38.9 Å². The zero-order valence-electron chi connectivity index (χ0n) is 16.7. The van der Waals surface area contributed by atoms with Crippen LogP contribution in [0.5, 0.6) is 0 Å². The maximum atomic E-state index is 12.8. The van der Waals surface area contributed by atoms with E-state index in [2.05, 4.69) is 24.1 Å². The fourth-order valence-corrected chi connectivity index (χ4v) is 3.76. The molecule has 0 saturated carbocycles. The lowest BCUT2D eigenvalue weighted by molar-refractivity contribution is 0.0303. The van der Waals surface area contributed by atoms with Crippen LogP contribution in [-0.4, -0.2) is 48.0 Å². The molecule has 2 heterocycles. The van der Waals surface area contributed by atoms with Crippen LogP contribution in [0, 0.1) is 6.92 Å². The highest BCUT2D eigenvalue weighted by atomic mass is 16.5. The van der Waals surface area contributed by atoms with Gasteiger partial charge in [-0.3, -0.25) is 9.59 Å². The van der Waals surface area contributed by atoms with E-state index in [-0.39, 0.29) is 11.8 Å². The third-order valence-electron chi connectivity index (χ3n) is 5.44. The van der Waals surface area contributed by atoms with Crippen molar-refractivity contribution in [3.8, 4) is 0 Å². The standard InChI is InChI=1S/C23H25N3O3/c1-3-20-15(2)19-14-16(7-8-21(19)25-20)22(27)24-18-6-4-5-17(13-18)23(28)26-9-11-29-12-10-26/h4-8,13-14,25H,3,9-12H2,1-2H3,(H,24,27). The summed E-state index contributed by atoms with van der Waals surface area (Å²) in [5, 5.41) is 3.98. The lowest BCUT2D eigenvalue weighted by Gasteiger charge is -2.27. The van der Waals surface area contributed by atoms with Crippen molar-refractivity contribution in [3.63, 3.8) is 0 Å². The number of fused-ring (bicyclic) bond motifs is 1. The Hall–Kier alpha value is -3.12. The van der Waals surface area contributed by atoms with Crippen LogP contribution < -0.4 is 5.32 Å². The van der Waals surface area contributed by atoms with Gasteiger partial charge in [0.1, 0.15) is 0 Å². The van der Waals surface area contributed by atoms with Gasteiger partial charge in [-0.25, -0.2) is 0 Å². The Bertz CT molecular complexity index is 1060. The van der Waals surface area contributed by atoms with Gasteiger partial charge >= 0.3 is 0 Å². The molecule has 150 valence electrons. The summed E-state index contributed by atoms with van der Waals surface area (Å²) in [5.74, 6) is -0.234. The topological polar surface area (TPSA) is 74.4 Å². The molecule has 0 bridgehead atoms. The molecule has 1 aliphatic rings. The van der Waals surface area contributed by atoms with Gasteiger partial charge < -0.3 is 19.9 Å². The first-order valence-electron chi connectivity index (χ1n) is 9.96. The van der Waals surface area contributed by atoms with Gasteiger partial charge in [-0.1, -0.05) is 13.0 Å². The number of hydrogen-bond acceptors (Lipinski definition) is 3. The number of anilines is 1. The van der Waals surface area contributed by atoms with Gasteiger partial charge in [0.15, 0.2) is 0 Å². The largest absolute Gasteiger partial charge is 0.378 e. The monoisotopic (exact) mass is 391 g/mol. The average Bonchev–Trinajstić information content (AvgIpc) is 3.09. The highest BCUT2D eigenvalue weighted by molar-refractivity contribution is 6.07. The first kappa shape index (κ1) is 19.2. The Labute approximate surface area is 169 Å². The van der Waals surface area contributed by atoms with E-state index < -0.39 is 0 Å². The molecule has 6 nitrogen and oxygen atoms in total. The second kappa shape index (κ2) is 8.09. The van der Waals surface area contributed by atoms with Gasteiger partial charge in [0.05, 0.1) is 13.2 Å². The van der Waals surface area contributed by atoms with Gasteiger partial charge in [-0.2, -0.15) is 0 Å². The zero-order chi connectivity index (χ0) is 20.4. The summed E-state index contributed by atoms with van der Waals surface area (Å²) in [6.07, 6.45) is 0.923. The van der Waals surface area contributed by atoms with Crippen molar-refractivity contribution in [1.82, 2.24) is 9.88 Å². The van der Waals surface area contributed by atoms with Crippen molar-refractivity contribution >= 4 is 28.4 Å². The summed E-state index contributed by atoms with van der Waals surface area (Å²) in [4.78, 5) is 30.6. The van der Waals surface area contributed by atoms with E-state index in [9.17, 15) is 9.59 Å². The van der Waals surface area contributed by atoms with Crippen LogP contribution in [-0.2, 0) is 11.2 Å². The Morgan fingerprint density at radius 3 is 2.66 bits per heavy atom. The number of nitrogens with one attached hydrogen (secondary N) is 2. The summed E-state index contributed by atoms with van der Waals surface area (Å²) in [6.45, 7) is 6.47. The van der Waals surface area contributed by atoms with Crippen LogP contribution in [0.15, 0.2) is 42.5 Å². The normalized spacial score (nSPS) is 14.2. The predicted molar refractivity (Wildman–Crippen MR) is 114 cm³/mol. The number of aryl methyl sites for hydroxylation is 2. The van der Waals surface area contributed by atoms with Crippen molar-refractivity contribution in [2.24, 2.45) is 0 Å². The van der Waals surface area contributed by atoms with E-state index in [4.69, 9.17) is 4.74 Å². The Morgan fingerprint density at radius 2 is 1.90 bits per heavy atom. The minimum absolute atomic E-state index is 0.0409. The number of rotatable bonds is 4. The van der Waals surface area contributed by atoms with Crippen LogP contribution in [0.2, 0.25) is 0 Å². The number of morpholine rings is 1. The zero-order valence-corrected chi connectivity index (χ0v) is 16.7. The Kier molecular flexibility index (Phi) is 5.36. The predicted octanol–water partition coefficient (Wildman–Crippen LogP) is 3.76. The minimum atomic E-state index is -0.193. The molecule has 1 aromatic heterocycles. The maximum Gasteiger partial charge on any atom is 0.255 e. The third-order valence-corrected chi connectivity index (χ3v) is 5.44. The number of aromatic nitrogens is 1. The molecule has 29 heavy (non-hydrogen) atoms. The summed E-state index contributed by atoms with van der Waals surface area (Å²) in [7, 11) is 0. The first-order chi connectivity index (χ1) is 14.1. The Balaban J connectivity index is 1.53. The molecule has 3 aromatic rings. The molecule has 1 saturated heterocycles. The second-order valence-corrected chi connectivity index (χ2v) is 7.28. The van der Waals surface area contributed by atoms with Crippen molar-refractivity contribution in [1.29, 1.82) is 0 Å². The average molecular weight is 391 g/mol. The van der Waals surface area contributed by atoms with E-state index >= 15 is 0 Å². The van der Waals surface area contributed by atoms with Gasteiger partial charge in [0, 0.05) is 46.5 Å². The fraction of sp³-hybridized carbons (Fsp3) is 0.304. The minimum Gasteiger partial charge on any atom is -0.378 e. The van der Waals surface area contributed by atoms with Crippen LogP contribution in [0.4, 0.5) is 5.69 Å². The Morgan fingerprint density at radius 1 is 1.10 bits per heavy atom. The fourth-order valence-electron chi connectivity index (χ4n) is 3.76. The van der Waals surface area contributed by atoms with Crippen LogP contribution >= 0.6 is 0 Å². The van der Waals surface area contributed by atoms with Crippen molar-refractivity contribution in [3.05, 3.63) is 64.8 Å². The highest BCUT2D eigenvalue weighted by Gasteiger charge is 2.19. The second-order valence-electron chi connectivity index (χ2n) is 7.28. The number of H-pyrrole nitrogens is 1. The molecule has 2 N–H and O–H groups in total. The molecule has 4 rings (SSSR count). The molecule has 0 radical (unpaired) electrons. The van der Waals surface area contributed by atoms with Gasteiger partial charge in [0.2, 0.25) is 0 Å². The molecule has 0 spiro atoms. The summed E-state index contributed by atoms with van der Waals surface area (Å²) >= 11 is 0. The highest BCUT2D eigenvalue weighted by Crippen LogP contribution is 2.24. The molecule has 2 aromatic carbocycles. The maximum absolute atomic E-state index is 12.8. The lowest BCUT2D eigenvalue weighted by atomic mass is 10.1. The van der Waals surface area contributed by atoms with E-state index in [1.165, 1.54) is 11.3 Å². The number of ether oxygens (including phenoxy) is 1. The molecular formula is C23H25N3O3. The van der Waals surface area contributed by atoms with Gasteiger partial charge in [0.25, 0.3) is 11.8 Å².